The molecule has 0 aliphatic carbocycles. The van der Waals surface area contributed by atoms with Crippen molar-refractivity contribution in [1.82, 2.24) is 15.6 Å². The van der Waals surface area contributed by atoms with Crippen LogP contribution in [0.4, 0.5) is 0 Å². The van der Waals surface area contributed by atoms with E-state index in [4.69, 9.17) is 11.6 Å². The van der Waals surface area contributed by atoms with Gasteiger partial charge in [-0.3, -0.25) is 4.79 Å². The van der Waals surface area contributed by atoms with Gasteiger partial charge in [0.05, 0.1) is 17.9 Å². The number of hydrogen-bond acceptors (Lipinski definition) is 9. The van der Waals surface area contributed by atoms with Crippen molar-refractivity contribution in [1.29, 1.82) is 0 Å². The van der Waals surface area contributed by atoms with E-state index in [-0.39, 0.29) is 17.2 Å². The van der Waals surface area contributed by atoms with E-state index in [0.717, 1.165) is 9.90 Å². The van der Waals surface area contributed by atoms with Crippen LogP contribution in [-0.4, -0.2) is 34.0 Å². The Morgan fingerprint density at radius 3 is 2.57 bits per heavy atom. The number of carboxylic acids is 1. The van der Waals surface area contributed by atoms with Gasteiger partial charge >= 0.3 is 0 Å². The van der Waals surface area contributed by atoms with Crippen molar-refractivity contribution in [3.63, 3.8) is 0 Å². The molecule has 0 bridgehead atoms. The summed E-state index contributed by atoms with van der Waals surface area (Å²) in [6.45, 7) is 0. The highest BCUT2D eigenvalue weighted by molar-refractivity contribution is 8.03. The van der Waals surface area contributed by atoms with Crippen LogP contribution in [0.3, 0.4) is 0 Å². The summed E-state index contributed by atoms with van der Waals surface area (Å²) in [7, 11) is 0. The van der Waals surface area contributed by atoms with Gasteiger partial charge in [-0.1, -0.05) is 88.9 Å². The van der Waals surface area contributed by atoms with Crippen LogP contribution >= 0.6 is 46.5 Å². The molecule has 0 aliphatic rings. The lowest BCUT2D eigenvalue weighted by Crippen LogP contribution is -2.24. The number of hydrogen-bond donors (Lipinski definition) is 1. The minimum absolute atomic E-state index is 0.000513. The third-order valence-electron chi connectivity index (χ3n) is 3.60. The van der Waals surface area contributed by atoms with Crippen LogP contribution in [0.2, 0.25) is 5.02 Å². The smallest absolute Gasteiger partial charge is 0.250 e. The quantitative estimate of drug-likeness (QED) is 0.286. The normalized spacial score (nSPS) is 11.0. The van der Waals surface area contributed by atoms with Crippen molar-refractivity contribution in [3.05, 3.63) is 70.2 Å². The molecule has 0 aliphatic heterocycles. The Bertz CT molecular complexity index is 1070. The van der Waals surface area contributed by atoms with Crippen LogP contribution in [0.5, 0.6) is 0 Å². The number of nitrogens with zero attached hydrogens (tertiary/aromatic N) is 3. The fourth-order valence-electron chi connectivity index (χ4n) is 2.20. The summed E-state index contributed by atoms with van der Waals surface area (Å²) < 4.78 is 1.45. The molecule has 1 N–H and O–H groups in total. The van der Waals surface area contributed by atoms with Crippen LogP contribution in [0.1, 0.15) is 21.5 Å². The number of nitrogens with one attached hydrogen (secondary N) is 1. The predicted molar refractivity (Wildman–Crippen MR) is 118 cm³/mol. The van der Waals surface area contributed by atoms with Gasteiger partial charge in [0.15, 0.2) is 8.68 Å². The number of rotatable bonds is 9. The van der Waals surface area contributed by atoms with E-state index in [9.17, 15) is 14.7 Å². The maximum Gasteiger partial charge on any atom is 0.250 e. The average Bonchev–Trinajstić information content (AvgIpc) is 3.20. The molecule has 1 heterocycles. The molecule has 0 unspecified atom stereocenters. The molecular weight excluding hydrogens is 464 g/mol. The van der Waals surface area contributed by atoms with Gasteiger partial charge in [-0.2, -0.15) is 5.10 Å². The largest absolute Gasteiger partial charge is 0.545 e. The van der Waals surface area contributed by atoms with E-state index in [1.165, 1.54) is 47.1 Å². The van der Waals surface area contributed by atoms with Crippen molar-refractivity contribution < 1.29 is 14.7 Å². The molecule has 7 nitrogen and oxygen atoms in total. The number of amides is 1. The number of halogens is 1. The summed E-state index contributed by atoms with van der Waals surface area (Å²) in [6, 6.07) is 13.8. The number of carbonyl (C=O) groups is 2. The van der Waals surface area contributed by atoms with Crippen LogP contribution in [-0.2, 0) is 10.5 Å². The molecule has 0 spiro atoms. The molecule has 154 valence electrons. The number of hydrazone groups is 1. The molecule has 0 fully saturated rings. The summed E-state index contributed by atoms with van der Waals surface area (Å²) in [5.74, 6) is -0.869. The molecule has 0 saturated carbocycles. The number of carboxylic acid groups (broad SMARTS) is 1. The molecule has 2 aromatic carbocycles. The topological polar surface area (TPSA) is 107 Å². The number of thioether (sulfide) groups is 2. The highest BCUT2D eigenvalue weighted by Gasteiger charge is 2.09. The number of carbonyl (C=O) groups excluding carboxylic acids is 2. The Kier molecular flexibility index (Phi) is 8.26. The molecule has 3 aromatic rings. The zero-order valence-electron chi connectivity index (χ0n) is 15.3. The third kappa shape index (κ3) is 6.56. The van der Waals surface area contributed by atoms with E-state index in [0.29, 0.717) is 20.7 Å². The fraction of sp³-hybridized carbons (Fsp3) is 0.105. The van der Waals surface area contributed by atoms with E-state index < -0.39 is 5.97 Å². The SMILES string of the molecule is O=C(CSc1nnc(SCc2ccccc2Cl)s1)N/N=C/c1ccccc1C(=O)[O-]. The highest BCUT2D eigenvalue weighted by Crippen LogP contribution is 2.32. The Morgan fingerprint density at radius 2 is 1.80 bits per heavy atom. The lowest BCUT2D eigenvalue weighted by Gasteiger charge is -2.05. The lowest BCUT2D eigenvalue weighted by atomic mass is 10.1. The van der Waals surface area contributed by atoms with E-state index in [1.807, 2.05) is 24.3 Å². The molecular formula is C19H14ClN4O3S3-. The summed E-state index contributed by atoms with van der Waals surface area (Å²) in [5, 5.41) is 23.7. The molecule has 1 amide bonds. The summed E-state index contributed by atoms with van der Waals surface area (Å²) >= 11 is 10.3. The van der Waals surface area contributed by atoms with E-state index in [1.54, 1.807) is 18.2 Å². The van der Waals surface area contributed by atoms with Crippen LogP contribution < -0.4 is 10.5 Å². The zero-order chi connectivity index (χ0) is 21.3. The van der Waals surface area contributed by atoms with Crippen molar-refractivity contribution in [2.24, 2.45) is 5.10 Å². The standard InChI is InChI=1S/C19H15ClN4O3S3/c20-15-8-4-2-6-13(15)10-28-18-23-24-19(30-18)29-11-16(25)22-21-9-12-5-1-3-7-14(12)17(26)27/h1-9H,10-11H2,(H,22,25)(H,26,27)/p-1/b21-9+. The van der Waals surface area contributed by atoms with Gasteiger partial charge in [-0.25, -0.2) is 5.43 Å². The van der Waals surface area contributed by atoms with Gasteiger partial charge in [-0.05, 0) is 11.6 Å². The monoisotopic (exact) mass is 477 g/mol. The number of aromatic nitrogens is 2. The maximum atomic E-state index is 11.9. The van der Waals surface area contributed by atoms with Gasteiger partial charge < -0.3 is 9.90 Å². The molecule has 0 atom stereocenters. The molecule has 0 radical (unpaired) electrons. The number of aromatic carboxylic acids is 1. The summed E-state index contributed by atoms with van der Waals surface area (Å²) in [6.07, 6.45) is 1.27. The van der Waals surface area contributed by atoms with E-state index in [2.05, 4.69) is 20.7 Å². The molecule has 0 saturated heterocycles. The number of benzene rings is 2. The van der Waals surface area contributed by atoms with Gasteiger partial charge in [-0.15, -0.1) is 10.2 Å². The van der Waals surface area contributed by atoms with Gasteiger partial charge in [0, 0.05) is 21.9 Å². The second-order valence-electron chi connectivity index (χ2n) is 5.67. The first-order valence-corrected chi connectivity index (χ1v) is 11.6. The Labute approximate surface area is 190 Å². The molecule has 1 aromatic heterocycles. The second kappa shape index (κ2) is 11.1. The van der Waals surface area contributed by atoms with Crippen molar-refractivity contribution in [2.75, 3.05) is 5.75 Å². The Morgan fingerprint density at radius 1 is 1.10 bits per heavy atom. The minimum Gasteiger partial charge on any atom is -0.545 e. The third-order valence-corrected chi connectivity index (χ3v) is 7.20. The summed E-state index contributed by atoms with van der Waals surface area (Å²) in [5.41, 5.74) is 3.72. The van der Waals surface area contributed by atoms with E-state index >= 15 is 0 Å². The zero-order valence-corrected chi connectivity index (χ0v) is 18.5. The molecule has 11 heteroatoms. The summed E-state index contributed by atoms with van der Waals surface area (Å²) in [4.78, 5) is 23.0. The first kappa shape index (κ1) is 22.3. The molecule has 30 heavy (non-hydrogen) atoms. The van der Waals surface area contributed by atoms with Crippen molar-refractivity contribution in [2.45, 2.75) is 14.4 Å². The minimum atomic E-state index is -1.31. The van der Waals surface area contributed by atoms with Gasteiger partial charge in [0.2, 0.25) is 0 Å². The van der Waals surface area contributed by atoms with Crippen LogP contribution in [0, 0.1) is 0 Å². The maximum absolute atomic E-state index is 11.9. The van der Waals surface area contributed by atoms with Crippen LogP contribution in [0.25, 0.3) is 0 Å². The Balaban J connectivity index is 1.45. The average molecular weight is 478 g/mol. The first-order chi connectivity index (χ1) is 14.5. The Hall–Kier alpha value is -2.40. The van der Waals surface area contributed by atoms with Gasteiger partial charge in [0.1, 0.15) is 0 Å². The van der Waals surface area contributed by atoms with Crippen molar-refractivity contribution >= 4 is 64.6 Å². The first-order valence-electron chi connectivity index (χ1n) is 8.47. The van der Waals surface area contributed by atoms with Crippen molar-refractivity contribution in [3.8, 4) is 0 Å². The second-order valence-corrected chi connectivity index (χ2v) is 9.50. The fourth-order valence-corrected chi connectivity index (χ4v) is 5.30. The van der Waals surface area contributed by atoms with Crippen LogP contribution in [0.15, 0.2) is 62.3 Å². The molecule has 3 rings (SSSR count). The predicted octanol–water partition coefficient (Wildman–Crippen LogP) is 3.09. The lowest BCUT2D eigenvalue weighted by molar-refractivity contribution is -0.255. The highest BCUT2D eigenvalue weighted by atomic mass is 35.5. The van der Waals surface area contributed by atoms with Gasteiger partial charge in [0.25, 0.3) is 5.91 Å².